The largest absolute Gasteiger partial charge is 0.456 e. The molecule has 0 amide bonds. The third kappa shape index (κ3) is 3.68. The van der Waals surface area contributed by atoms with E-state index in [1.807, 2.05) is 24.3 Å². The quantitative estimate of drug-likeness (QED) is 0.218. The monoisotopic (exact) mass is 551 g/mol. The zero-order chi connectivity index (χ0) is 28.3. The third-order valence-electron chi connectivity index (χ3n) is 8.46. The Balaban J connectivity index is 1.44. The van der Waals surface area contributed by atoms with Crippen molar-refractivity contribution >= 4 is 71.7 Å². The van der Waals surface area contributed by atoms with Gasteiger partial charge in [-0.15, -0.1) is 0 Å². The van der Waals surface area contributed by atoms with Crippen LogP contribution in [0.5, 0.6) is 0 Å². The number of nitrogens with zero attached hydrogens (tertiary/aromatic N) is 1. The highest BCUT2D eigenvalue weighted by Gasteiger charge is 2.25. The number of benzene rings is 7. The predicted octanol–water partition coefficient (Wildman–Crippen LogP) is 11.8. The number of fused-ring (bicyclic) bond motifs is 7. The molecule has 0 bridgehead atoms. The first kappa shape index (κ1) is 23.9. The normalized spacial score (nSPS) is 11.7. The van der Waals surface area contributed by atoms with Gasteiger partial charge in [-0.3, -0.25) is 0 Å². The van der Waals surface area contributed by atoms with E-state index in [0.717, 1.165) is 77.5 Å². The van der Waals surface area contributed by atoms with Crippen molar-refractivity contribution < 1.29 is 8.83 Å². The molecule has 0 unspecified atom stereocenters. The van der Waals surface area contributed by atoms with Gasteiger partial charge in [-0.2, -0.15) is 0 Å². The minimum Gasteiger partial charge on any atom is -0.456 e. The summed E-state index contributed by atoms with van der Waals surface area (Å²) in [5, 5.41) is 6.71. The lowest BCUT2D eigenvalue weighted by molar-refractivity contribution is 0.669. The van der Waals surface area contributed by atoms with E-state index in [0.29, 0.717) is 0 Å². The van der Waals surface area contributed by atoms with E-state index < -0.39 is 0 Å². The average molecular weight is 552 g/mol. The van der Waals surface area contributed by atoms with Crippen molar-refractivity contribution in [1.82, 2.24) is 0 Å². The molecule has 0 fully saturated rings. The van der Waals surface area contributed by atoms with E-state index in [2.05, 4.69) is 132 Å². The molecule has 0 saturated carbocycles. The van der Waals surface area contributed by atoms with E-state index in [1.54, 1.807) is 0 Å². The van der Waals surface area contributed by atoms with Crippen molar-refractivity contribution in [1.29, 1.82) is 0 Å². The van der Waals surface area contributed by atoms with Crippen LogP contribution in [0.1, 0.15) is 0 Å². The maximum absolute atomic E-state index is 6.76. The molecule has 0 spiro atoms. The molecular weight excluding hydrogens is 526 g/mol. The second-order valence-electron chi connectivity index (χ2n) is 10.9. The summed E-state index contributed by atoms with van der Waals surface area (Å²) in [4.78, 5) is 2.37. The molecule has 3 nitrogen and oxygen atoms in total. The van der Waals surface area contributed by atoms with Gasteiger partial charge in [-0.25, -0.2) is 0 Å². The Labute approximate surface area is 247 Å². The van der Waals surface area contributed by atoms with Crippen molar-refractivity contribution in [3.63, 3.8) is 0 Å². The predicted molar refractivity (Wildman–Crippen MR) is 179 cm³/mol. The molecule has 43 heavy (non-hydrogen) atoms. The Bertz CT molecular complexity index is 2460. The van der Waals surface area contributed by atoms with Crippen molar-refractivity contribution in [2.24, 2.45) is 0 Å². The minimum atomic E-state index is 0.854. The zero-order valence-corrected chi connectivity index (χ0v) is 23.2. The summed E-state index contributed by atoms with van der Waals surface area (Å²) < 4.78 is 13.0. The lowest BCUT2D eigenvalue weighted by Crippen LogP contribution is -2.12. The van der Waals surface area contributed by atoms with Gasteiger partial charge in [0, 0.05) is 38.2 Å². The van der Waals surface area contributed by atoms with Crippen LogP contribution >= 0.6 is 0 Å². The molecule has 2 aromatic heterocycles. The van der Waals surface area contributed by atoms with Crippen LogP contribution in [-0.4, -0.2) is 0 Å². The van der Waals surface area contributed by atoms with Gasteiger partial charge in [-0.1, -0.05) is 109 Å². The van der Waals surface area contributed by atoms with E-state index in [4.69, 9.17) is 8.83 Å². The summed E-state index contributed by atoms with van der Waals surface area (Å²) in [6, 6.07) is 53.1. The van der Waals surface area contributed by atoms with Crippen LogP contribution in [0, 0.1) is 0 Å². The van der Waals surface area contributed by atoms with Crippen LogP contribution in [0.3, 0.4) is 0 Å². The fraction of sp³-hybridized carbons (Fsp3) is 0. The third-order valence-corrected chi connectivity index (χ3v) is 8.46. The van der Waals surface area contributed by atoms with Gasteiger partial charge < -0.3 is 13.7 Å². The Morgan fingerprint density at radius 1 is 0.419 bits per heavy atom. The van der Waals surface area contributed by atoms with Gasteiger partial charge in [-0.05, 0) is 53.4 Å². The van der Waals surface area contributed by atoms with Crippen molar-refractivity contribution in [2.45, 2.75) is 0 Å². The molecule has 3 heteroatoms. The summed E-state index contributed by atoms with van der Waals surface area (Å²) >= 11 is 0. The van der Waals surface area contributed by atoms with Crippen LogP contribution in [-0.2, 0) is 0 Å². The molecule has 7 aromatic carbocycles. The first-order chi connectivity index (χ1) is 21.3. The summed E-state index contributed by atoms with van der Waals surface area (Å²) in [7, 11) is 0. The van der Waals surface area contributed by atoms with E-state index in [1.165, 1.54) is 5.39 Å². The van der Waals surface area contributed by atoms with Crippen LogP contribution < -0.4 is 4.90 Å². The first-order valence-electron chi connectivity index (χ1n) is 14.5. The molecule has 0 aliphatic rings. The fourth-order valence-electron chi connectivity index (χ4n) is 6.49. The lowest BCUT2D eigenvalue weighted by atomic mass is 9.98. The molecule has 0 saturated heterocycles. The Morgan fingerprint density at radius 2 is 1.07 bits per heavy atom. The molecule has 0 radical (unpaired) electrons. The number of hydrogen-bond acceptors (Lipinski definition) is 3. The van der Waals surface area contributed by atoms with Crippen LogP contribution in [0.25, 0.3) is 65.8 Å². The van der Waals surface area contributed by atoms with Gasteiger partial charge in [0.05, 0.1) is 11.4 Å². The molecular formula is C40H25NO2. The van der Waals surface area contributed by atoms with Gasteiger partial charge >= 0.3 is 0 Å². The van der Waals surface area contributed by atoms with Gasteiger partial charge in [0.1, 0.15) is 16.7 Å². The smallest absolute Gasteiger partial charge is 0.160 e. The Kier molecular flexibility index (Phi) is 5.20. The summed E-state index contributed by atoms with van der Waals surface area (Å²) in [6.45, 7) is 0. The SMILES string of the molecule is c1ccc(-c2ccc3c(oc4ccccc43)c2N(c2ccc3oc4ccccc4c3c2)c2cccc3ccccc23)cc1. The zero-order valence-electron chi connectivity index (χ0n) is 23.2. The Hall–Kier alpha value is -5.80. The molecule has 0 atom stereocenters. The van der Waals surface area contributed by atoms with Crippen LogP contribution in [0.2, 0.25) is 0 Å². The highest BCUT2D eigenvalue weighted by Crippen LogP contribution is 2.49. The van der Waals surface area contributed by atoms with Crippen molar-refractivity contribution in [3.8, 4) is 11.1 Å². The average Bonchev–Trinajstić information content (AvgIpc) is 3.64. The molecule has 0 aliphatic carbocycles. The Morgan fingerprint density at radius 3 is 1.91 bits per heavy atom. The fourth-order valence-corrected chi connectivity index (χ4v) is 6.49. The topological polar surface area (TPSA) is 29.5 Å². The number of rotatable bonds is 4. The molecule has 0 aliphatic heterocycles. The van der Waals surface area contributed by atoms with Crippen molar-refractivity contribution in [3.05, 3.63) is 152 Å². The number of anilines is 3. The van der Waals surface area contributed by atoms with E-state index >= 15 is 0 Å². The lowest BCUT2D eigenvalue weighted by Gasteiger charge is -2.29. The number of furan rings is 2. The second-order valence-corrected chi connectivity index (χ2v) is 10.9. The first-order valence-corrected chi connectivity index (χ1v) is 14.5. The standard InChI is InChI=1S/C40H25NO2/c1-2-11-27(12-3-1)30-22-23-33-31-16-6-9-20-37(31)43-40(33)39(30)41(35-18-10-14-26-13-4-5-15-29(26)35)28-21-24-38-34(25-28)32-17-7-8-19-36(32)42-38/h1-25H. The maximum atomic E-state index is 6.76. The van der Waals surface area contributed by atoms with Gasteiger partial charge in [0.15, 0.2) is 5.58 Å². The molecule has 9 rings (SSSR count). The second kappa shape index (κ2) is 9.37. The van der Waals surface area contributed by atoms with E-state index in [9.17, 15) is 0 Å². The maximum Gasteiger partial charge on any atom is 0.160 e. The van der Waals surface area contributed by atoms with Crippen LogP contribution in [0.4, 0.5) is 17.1 Å². The molecule has 0 N–H and O–H groups in total. The number of hydrogen-bond donors (Lipinski definition) is 0. The number of para-hydroxylation sites is 2. The molecule has 2 heterocycles. The summed E-state index contributed by atoms with van der Waals surface area (Å²) in [5.41, 5.74) is 8.81. The molecule has 9 aromatic rings. The van der Waals surface area contributed by atoms with Crippen LogP contribution in [0.15, 0.2) is 160 Å². The van der Waals surface area contributed by atoms with Gasteiger partial charge in [0.25, 0.3) is 0 Å². The van der Waals surface area contributed by atoms with Gasteiger partial charge in [0.2, 0.25) is 0 Å². The summed E-state index contributed by atoms with van der Waals surface area (Å²) in [6.07, 6.45) is 0. The summed E-state index contributed by atoms with van der Waals surface area (Å²) in [5.74, 6) is 0. The highest BCUT2D eigenvalue weighted by molar-refractivity contribution is 6.15. The minimum absolute atomic E-state index is 0.854. The van der Waals surface area contributed by atoms with E-state index in [-0.39, 0.29) is 0 Å². The highest BCUT2D eigenvalue weighted by atomic mass is 16.3. The van der Waals surface area contributed by atoms with Crippen molar-refractivity contribution in [2.75, 3.05) is 4.90 Å². The molecule has 202 valence electrons.